The van der Waals surface area contributed by atoms with Gasteiger partial charge in [-0.1, -0.05) is 18.0 Å². The van der Waals surface area contributed by atoms with Crippen molar-refractivity contribution in [3.8, 4) is 11.1 Å². The number of benzene rings is 1. The van der Waals surface area contributed by atoms with Crippen LogP contribution in [-0.4, -0.2) is 21.2 Å². The highest BCUT2D eigenvalue weighted by Crippen LogP contribution is 2.41. The molecule has 2 fully saturated rings. The summed E-state index contributed by atoms with van der Waals surface area (Å²) in [6.45, 7) is 3.98. The summed E-state index contributed by atoms with van der Waals surface area (Å²) in [6, 6.07) is 4.98. The monoisotopic (exact) mass is 336 g/mol. The number of hydrogen-bond donors (Lipinski definition) is 2. The van der Waals surface area contributed by atoms with E-state index in [1.165, 1.54) is 38.5 Å². The van der Waals surface area contributed by atoms with Gasteiger partial charge in [-0.3, -0.25) is 0 Å². The largest absolute Gasteiger partial charge is 0.380 e. The van der Waals surface area contributed by atoms with Gasteiger partial charge in [0.1, 0.15) is 17.1 Å². The zero-order valence-corrected chi connectivity index (χ0v) is 14.9. The lowest BCUT2D eigenvalue weighted by molar-refractivity contribution is 0.393. The second kappa shape index (κ2) is 5.61. The average Bonchev–Trinajstić information content (AvgIpc) is 3.00. The Kier molecular flexibility index (Phi) is 3.37. The first-order valence-corrected chi connectivity index (χ1v) is 9.42. The van der Waals surface area contributed by atoms with E-state index in [2.05, 4.69) is 27.6 Å². The normalized spacial score (nSPS) is 18.3. The molecule has 2 aromatic heterocycles. The molecule has 0 bridgehead atoms. The molecule has 0 amide bonds. The summed E-state index contributed by atoms with van der Waals surface area (Å²) in [5.41, 5.74) is 6.51. The molecular formula is C20H24N4O. The van der Waals surface area contributed by atoms with E-state index in [1.54, 1.807) is 0 Å². The number of aromatic nitrogens is 3. The van der Waals surface area contributed by atoms with Crippen LogP contribution in [0.2, 0.25) is 0 Å². The molecular weight excluding hydrogens is 312 g/mol. The third-order valence-corrected chi connectivity index (χ3v) is 5.61. The molecule has 0 atom stereocenters. The predicted molar refractivity (Wildman–Crippen MR) is 98.9 cm³/mol. The molecule has 5 nitrogen and oxygen atoms in total. The Morgan fingerprint density at radius 2 is 1.92 bits per heavy atom. The number of aryl methyl sites for hydroxylation is 2. The smallest absolute Gasteiger partial charge is 0.141 e. The number of nitrogens with one attached hydrogen (secondary N) is 2. The zero-order chi connectivity index (χ0) is 17.0. The van der Waals surface area contributed by atoms with Gasteiger partial charge in [0, 0.05) is 17.5 Å². The highest BCUT2D eigenvalue weighted by Gasteiger charge is 2.28. The number of rotatable bonds is 4. The molecule has 2 N–H and O–H groups in total. The van der Waals surface area contributed by atoms with Crippen LogP contribution in [0.4, 0.5) is 5.69 Å². The first-order chi connectivity index (χ1) is 12.2. The maximum atomic E-state index is 5.39. The van der Waals surface area contributed by atoms with Crippen molar-refractivity contribution in [1.29, 1.82) is 0 Å². The van der Waals surface area contributed by atoms with Gasteiger partial charge in [-0.05, 0) is 57.2 Å². The topological polar surface area (TPSA) is 66.7 Å². The fourth-order valence-corrected chi connectivity index (χ4v) is 4.13. The van der Waals surface area contributed by atoms with Crippen LogP contribution >= 0.6 is 0 Å². The minimum Gasteiger partial charge on any atom is -0.380 e. The van der Waals surface area contributed by atoms with Gasteiger partial charge in [0.2, 0.25) is 0 Å². The number of H-pyrrole nitrogens is 1. The van der Waals surface area contributed by atoms with Gasteiger partial charge in [-0.15, -0.1) is 0 Å². The fraction of sp³-hybridized carbons (Fsp3) is 0.500. The maximum Gasteiger partial charge on any atom is 0.141 e. The molecule has 25 heavy (non-hydrogen) atoms. The van der Waals surface area contributed by atoms with E-state index < -0.39 is 0 Å². The second-order valence-corrected chi connectivity index (χ2v) is 7.64. The Balaban J connectivity index is 1.65. The van der Waals surface area contributed by atoms with Gasteiger partial charge in [0.25, 0.3) is 0 Å². The van der Waals surface area contributed by atoms with Gasteiger partial charge >= 0.3 is 0 Å². The van der Waals surface area contributed by atoms with Gasteiger partial charge in [-0.25, -0.2) is 4.98 Å². The summed E-state index contributed by atoms with van der Waals surface area (Å²) >= 11 is 0. The van der Waals surface area contributed by atoms with Crippen LogP contribution in [-0.2, 0) is 0 Å². The second-order valence-electron chi connectivity index (χ2n) is 7.64. The first kappa shape index (κ1) is 15.0. The van der Waals surface area contributed by atoms with Crippen LogP contribution in [0, 0.1) is 13.8 Å². The highest BCUT2D eigenvalue weighted by atomic mass is 16.5. The van der Waals surface area contributed by atoms with Crippen molar-refractivity contribution >= 4 is 16.7 Å². The summed E-state index contributed by atoms with van der Waals surface area (Å²) < 4.78 is 5.39. The lowest BCUT2D eigenvalue weighted by Gasteiger charge is -2.15. The number of nitrogens with zero attached hydrogens (tertiary/aromatic N) is 2. The minimum atomic E-state index is 0.559. The van der Waals surface area contributed by atoms with Crippen molar-refractivity contribution in [2.24, 2.45) is 0 Å². The molecule has 1 aromatic carbocycles. The molecule has 2 aliphatic rings. The summed E-state index contributed by atoms with van der Waals surface area (Å²) in [6.07, 6.45) is 7.63. The molecule has 0 saturated heterocycles. The van der Waals surface area contributed by atoms with Crippen molar-refractivity contribution in [2.75, 3.05) is 5.32 Å². The summed E-state index contributed by atoms with van der Waals surface area (Å²) in [5, 5.41) is 7.89. The van der Waals surface area contributed by atoms with Crippen LogP contribution in [0.1, 0.15) is 61.7 Å². The van der Waals surface area contributed by atoms with Crippen LogP contribution < -0.4 is 5.32 Å². The molecule has 0 aliphatic heterocycles. The van der Waals surface area contributed by atoms with Crippen LogP contribution in [0.5, 0.6) is 0 Å². The molecule has 5 rings (SSSR count). The van der Waals surface area contributed by atoms with E-state index >= 15 is 0 Å². The molecule has 2 saturated carbocycles. The Hall–Kier alpha value is -2.30. The zero-order valence-electron chi connectivity index (χ0n) is 14.9. The SMILES string of the molecule is Cc1noc(C)c1-c1cc(NC2CCCC2)c2nc(C3CC3)[nH]c2c1. The van der Waals surface area contributed by atoms with Crippen molar-refractivity contribution in [2.45, 2.75) is 64.3 Å². The van der Waals surface area contributed by atoms with Crippen molar-refractivity contribution in [3.05, 3.63) is 29.4 Å². The standard InChI is InChI=1S/C20H24N4O/c1-11-18(12(2)25-24-11)14-9-16(21-15-5-3-4-6-15)19-17(10-14)22-20(23-19)13-7-8-13/h9-10,13,15,21H,3-8H2,1-2H3,(H,22,23). The fourth-order valence-electron chi connectivity index (χ4n) is 4.13. The number of imidazole rings is 1. The molecule has 2 aliphatic carbocycles. The van der Waals surface area contributed by atoms with Gasteiger partial charge < -0.3 is 14.8 Å². The quantitative estimate of drug-likeness (QED) is 0.698. The molecule has 0 spiro atoms. The summed E-state index contributed by atoms with van der Waals surface area (Å²) in [7, 11) is 0. The van der Waals surface area contributed by atoms with E-state index in [9.17, 15) is 0 Å². The average molecular weight is 336 g/mol. The Bertz CT molecular complexity index is 909. The number of hydrogen-bond acceptors (Lipinski definition) is 4. The molecule has 0 unspecified atom stereocenters. The highest BCUT2D eigenvalue weighted by molar-refractivity contribution is 5.94. The van der Waals surface area contributed by atoms with Gasteiger partial charge in [0.15, 0.2) is 0 Å². The third-order valence-electron chi connectivity index (χ3n) is 5.61. The summed E-state index contributed by atoms with van der Waals surface area (Å²) in [5.74, 6) is 2.63. The molecule has 2 heterocycles. The Labute approximate surface area is 147 Å². The van der Waals surface area contributed by atoms with Crippen molar-refractivity contribution in [3.63, 3.8) is 0 Å². The van der Waals surface area contributed by atoms with E-state index in [-0.39, 0.29) is 0 Å². The number of aromatic amines is 1. The summed E-state index contributed by atoms with van der Waals surface area (Å²) in [4.78, 5) is 8.49. The van der Waals surface area contributed by atoms with E-state index in [1.807, 2.05) is 13.8 Å². The van der Waals surface area contributed by atoms with Crippen LogP contribution in [0.15, 0.2) is 16.7 Å². The van der Waals surface area contributed by atoms with Crippen LogP contribution in [0.3, 0.4) is 0 Å². The van der Waals surface area contributed by atoms with E-state index in [4.69, 9.17) is 9.51 Å². The minimum absolute atomic E-state index is 0.559. The van der Waals surface area contributed by atoms with E-state index in [0.29, 0.717) is 12.0 Å². The number of anilines is 1. The van der Waals surface area contributed by atoms with Crippen molar-refractivity contribution in [1.82, 2.24) is 15.1 Å². The molecule has 130 valence electrons. The lowest BCUT2D eigenvalue weighted by Crippen LogP contribution is -2.14. The van der Waals surface area contributed by atoms with Crippen LogP contribution in [0.25, 0.3) is 22.2 Å². The third kappa shape index (κ3) is 2.62. The lowest BCUT2D eigenvalue weighted by atomic mass is 10.0. The Morgan fingerprint density at radius 3 is 2.60 bits per heavy atom. The molecule has 3 aromatic rings. The first-order valence-electron chi connectivity index (χ1n) is 9.42. The Morgan fingerprint density at radius 1 is 1.12 bits per heavy atom. The predicted octanol–water partition coefficient (Wildman–Crippen LogP) is 5.07. The number of fused-ring (bicyclic) bond motifs is 1. The van der Waals surface area contributed by atoms with Gasteiger partial charge in [-0.2, -0.15) is 0 Å². The van der Waals surface area contributed by atoms with E-state index in [0.717, 1.165) is 45.1 Å². The van der Waals surface area contributed by atoms with Crippen molar-refractivity contribution < 1.29 is 4.52 Å². The molecule has 0 radical (unpaired) electrons. The maximum absolute atomic E-state index is 5.39. The van der Waals surface area contributed by atoms with Gasteiger partial charge in [0.05, 0.1) is 16.9 Å². The molecule has 5 heteroatoms.